The molecule has 27 heavy (non-hydrogen) atoms. The van der Waals surface area contributed by atoms with Crippen LogP contribution in [-0.4, -0.2) is 50.1 Å². The number of benzene rings is 1. The summed E-state index contributed by atoms with van der Waals surface area (Å²) in [7, 11) is 5.76. The van der Waals surface area contributed by atoms with Gasteiger partial charge < -0.3 is 14.5 Å². The molecule has 144 valence electrons. The minimum Gasteiger partial charge on any atom is -0.380 e. The van der Waals surface area contributed by atoms with Gasteiger partial charge in [0.15, 0.2) is 0 Å². The maximum atomic E-state index is 13.0. The summed E-state index contributed by atoms with van der Waals surface area (Å²) in [5.74, 6) is 0.387. The highest BCUT2D eigenvalue weighted by Crippen LogP contribution is 2.29. The Morgan fingerprint density at radius 1 is 1.26 bits per heavy atom. The molecule has 1 aliphatic heterocycles. The standard InChI is InChI=1S/C22H29N3O2/c1-16-12-20(24(2)3)13-21(23-16)19-6-5-11-25(14-19)22(26)18-9-7-17(8-10-18)15-27-4/h7-10,12-13,19H,5-6,11,14-15H2,1-4H3. The van der Waals surface area contributed by atoms with Crippen LogP contribution in [0.5, 0.6) is 0 Å². The number of pyridine rings is 1. The first-order valence-corrected chi connectivity index (χ1v) is 9.51. The fourth-order valence-corrected chi connectivity index (χ4v) is 3.64. The Kier molecular flexibility index (Phi) is 6.11. The van der Waals surface area contributed by atoms with Gasteiger partial charge in [0.1, 0.15) is 0 Å². The van der Waals surface area contributed by atoms with E-state index < -0.39 is 0 Å². The highest BCUT2D eigenvalue weighted by atomic mass is 16.5. The molecule has 1 fully saturated rings. The lowest BCUT2D eigenvalue weighted by molar-refractivity contribution is 0.0706. The van der Waals surface area contributed by atoms with Crippen LogP contribution in [0.25, 0.3) is 0 Å². The third kappa shape index (κ3) is 4.66. The molecule has 0 bridgehead atoms. The van der Waals surface area contributed by atoms with Crippen LogP contribution in [0.2, 0.25) is 0 Å². The minimum atomic E-state index is 0.101. The van der Waals surface area contributed by atoms with Gasteiger partial charge >= 0.3 is 0 Å². The lowest BCUT2D eigenvalue weighted by Crippen LogP contribution is -2.39. The van der Waals surface area contributed by atoms with E-state index in [9.17, 15) is 4.79 Å². The minimum absolute atomic E-state index is 0.101. The van der Waals surface area contributed by atoms with Gasteiger partial charge in [-0.1, -0.05) is 12.1 Å². The fraction of sp³-hybridized carbons (Fsp3) is 0.455. The largest absolute Gasteiger partial charge is 0.380 e. The lowest BCUT2D eigenvalue weighted by Gasteiger charge is -2.33. The number of aryl methyl sites for hydroxylation is 1. The molecule has 1 aromatic carbocycles. The monoisotopic (exact) mass is 367 g/mol. The van der Waals surface area contributed by atoms with E-state index in [1.165, 1.54) is 0 Å². The molecule has 1 atom stereocenters. The second-order valence-corrected chi connectivity index (χ2v) is 7.51. The van der Waals surface area contributed by atoms with E-state index in [0.717, 1.165) is 54.1 Å². The first kappa shape index (κ1) is 19.4. The van der Waals surface area contributed by atoms with E-state index in [2.05, 4.69) is 17.0 Å². The summed E-state index contributed by atoms with van der Waals surface area (Å²) in [6, 6.07) is 12.0. The Bertz CT molecular complexity index is 787. The predicted octanol–water partition coefficient (Wildman–Crippen LogP) is 3.62. The number of methoxy groups -OCH3 is 1. The first-order valence-electron chi connectivity index (χ1n) is 9.51. The molecule has 5 heteroatoms. The normalized spacial score (nSPS) is 17.0. The molecule has 1 amide bonds. The fourth-order valence-electron chi connectivity index (χ4n) is 3.64. The summed E-state index contributed by atoms with van der Waals surface area (Å²) in [4.78, 5) is 21.8. The van der Waals surface area contributed by atoms with Gasteiger partial charge in [0.25, 0.3) is 5.91 Å². The number of ether oxygens (including phenoxy) is 1. The van der Waals surface area contributed by atoms with Crippen LogP contribution in [0.4, 0.5) is 5.69 Å². The zero-order chi connectivity index (χ0) is 19.4. The van der Waals surface area contributed by atoms with Crippen LogP contribution >= 0.6 is 0 Å². The second kappa shape index (κ2) is 8.53. The quantitative estimate of drug-likeness (QED) is 0.810. The Morgan fingerprint density at radius 3 is 2.67 bits per heavy atom. The van der Waals surface area contributed by atoms with Crippen molar-refractivity contribution in [3.8, 4) is 0 Å². The highest BCUT2D eigenvalue weighted by molar-refractivity contribution is 5.94. The first-order chi connectivity index (χ1) is 13.0. The number of carbonyl (C=O) groups excluding carboxylic acids is 1. The van der Waals surface area contributed by atoms with Crippen LogP contribution in [-0.2, 0) is 11.3 Å². The topological polar surface area (TPSA) is 45.7 Å². The molecule has 0 spiro atoms. The number of hydrogen-bond acceptors (Lipinski definition) is 4. The molecule has 0 aliphatic carbocycles. The molecule has 1 saturated heterocycles. The molecule has 2 aromatic rings. The van der Waals surface area contributed by atoms with Crippen molar-refractivity contribution in [1.82, 2.24) is 9.88 Å². The summed E-state index contributed by atoms with van der Waals surface area (Å²) < 4.78 is 5.14. The van der Waals surface area contributed by atoms with Gasteiger partial charge in [-0.05, 0) is 49.6 Å². The summed E-state index contributed by atoms with van der Waals surface area (Å²) >= 11 is 0. The summed E-state index contributed by atoms with van der Waals surface area (Å²) in [6.07, 6.45) is 2.07. The molecule has 0 radical (unpaired) electrons. The molecule has 2 heterocycles. The predicted molar refractivity (Wildman–Crippen MR) is 108 cm³/mol. The third-order valence-corrected chi connectivity index (χ3v) is 5.11. The van der Waals surface area contributed by atoms with Crippen molar-refractivity contribution < 1.29 is 9.53 Å². The average molecular weight is 367 g/mol. The summed E-state index contributed by atoms with van der Waals surface area (Å²) in [5, 5.41) is 0. The molecule has 1 aromatic heterocycles. The van der Waals surface area contributed by atoms with Crippen LogP contribution in [0.3, 0.4) is 0 Å². The summed E-state index contributed by atoms with van der Waals surface area (Å²) in [5.41, 5.74) is 5.09. The maximum absolute atomic E-state index is 13.0. The smallest absolute Gasteiger partial charge is 0.253 e. The molecule has 5 nitrogen and oxygen atoms in total. The van der Waals surface area contributed by atoms with Crippen molar-refractivity contribution in [1.29, 1.82) is 0 Å². The van der Waals surface area contributed by atoms with E-state index in [1.807, 2.05) is 50.2 Å². The number of piperidine rings is 1. The number of likely N-dealkylation sites (tertiary alicyclic amines) is 1. The highest BCUT2D eigenvalue weighted by Gasteiger charge is 2.26. The van der Waals surface area contributed by atoms with Crippen LogP contribution in [0.15, 0.2) is 36.4 Å². The number of aromatic nitrogens is 1. The molecule has 3 rings (SSSR count). The van der Waals surface area contributed by atoms with Gasteiger partial charge in [-0.2, -0.15) is 0 Å². The van der Waals surface area contributed by atoms with Crippen LogP contribution in [0.1, 0.15) is 46.1 Å². The van der Waals surface area contributed by atoms with E-state index in [4.69, 9.17) is 9.72 Å². The Morgan fingerprint density at radius 2 is 2.00 bits per heavy atom. The third-order valence-electron chi connectivity index (χ3n) is 5.11. The Labute approximate surface area is 162 Å². The zero-order valence-electron chi connectivity index (χ0n) is 16.7. The van der Waals surface area contributed by atoms with E-state index in [0.29, 0.717) is 6.61 Å². The van der Waals surface area contributed by atoms with Crippen molar-refractivity contribution in [2.75, 3.05) is 39.2 Å². The van der Waals surface area contributed by atoms with E-state index >= 15 is 0 Å². The van der Waals surface area contributed by atoms with Crippen molar-refractivity contribution in [3.63, 3.8) is 0 Å². The molecule has 1 unspecified atom stereocenters. The average Bonchev–Trinajstić information content (AvgIpc) is 2.68. The van der Waals surface area contributed by atoms with Gasteiger partial charge in [0.05, 0.1) is 6.61 Å². The number of carbonyl (C=O) groups is 1. The maximum Gasteiger partial charge on any atom is 0.253 e. The Balaban J connectivity index is 1.75. The van der Waals surface area contributed by atoms with Crippen molar-refractivity contribution in [2.24, 2.45) is 0 Å². The SMILES string of the molecule is COCc1ccc(C(=O)N2CCCC(c3cc(N(C)C)cc(C)n3)C2)cc1. The van der Waals surface area contributed by atoms with Crippen molar-refractivity contribution >= 4 is 11.6 Å². The van der Waals surface area contributed by atoms with Crippen molar-refractivity contribution in [2.45, 2.75) is 32.3 Å². The number of rotatable bonds is 5. The number of amides is 1. The van der Waals surface area contributed by atoms with Crippen molar-refractivity contribution in [3.05, 3.63) is 58.9 Å². The summed E-state index contributed by atoms with van der Waals surface area (Å²) in [6.45, 7) is 4.13. The zero-order valence-corrected chi connectivity index (χ0v) is 16.7. The number of anilines is 1. The molecule has 0 N–H and O–H groups in total. The molecular formula is C22H29N3O2. The van der Waals surface area contributed by atoms with Gasteiger partial charge in [0.2, 0.25) is 0 Å². The van der Waals surface area contributed by atoms with Gasteiger partial charge in [-0.3, -0.25) is 9.78 Å². The van der Waals surface area contributed by atoms with Crippen LogP contribution < -0.4 is 4.90 Å². The second-order valence-electron chi connectivity index (χ2n) is 7.51. The number of nitrogens with zero attached hydrogens (tertiary/aromatic N) is 3. The van der Waals surface area contributed by atoms with Crippen LogP contribution in [0, 0.1) is 6.92 Å². The lowest BCUT2D eigenvalue weighted by atomic mass is 9.93. The van der Waals surface area contributed by atoms with E-state index in [1.54, 1.807) is 7.11 Å². The Hall–Kier alpha value is -2.40. The van der Waals surface area contributed by atoms with E-state index in [-0.39, 0.29) is 11.8 Å². The van der Waals surface area contributed by atoms with Gasteiger partial charge in [-0.25, -0.2) is 0 Å². The molecule has 0 saturated carbocycles. The molecular weight excluding hydrogens is 338 g/mol. The molecule has 1 aliphatic rings. The van der Waals surface area contributed by atoms with Gasteiger partial charge in [0, 0.05) is 62.9 Å². The number of hydrogen-bond donors (Lipinski definition) is 0. The van der Waals surface area contributed by atoms with Gasteiger partial charge in [-0.15, -0.1) is 0 Å².